The van der Waals surface area contributed by atoms with Crippen molar-refractivity contribution < 1.29 is 18.9 Å². The second kappa shape index (κ2) is 8.26. The number of anilines is 1. The minimum absolute atomic E-state index is 0.191. The third-order valence-corrected chi connectivity index (χ3v) is 3.89. The van der Waals surface area contributed by atoms with Crippen LogP contribution in [0.1, 0.15) is 18.2 Å². The van der Waals surface area contributed by atoms with Crippen molar-refractivity contribution in [2.75, 3.05) is 33.2 Å². The minimum Gasteiger partial charge on any atom is -0.383 e. The Balaban J connectivity index is 2.35. The zero-order valence-corrected chi connectivity index (χ0v) is 14.1. The number of hydrogen-bond acceptors (Lipinski definition) is 7. The molecule has 2 rings (SSSR count). The molecule has 2 heterocycles. The fraction of sp³-hybridized carbons (Fsp3) is 0.625. The number of hydrogen-bond donors (Lipinski definition) is 1. The van der Waals surface area contributed by atoms with Gasteiger partial charge in [0.05, 0.1) is 13.2 Å². The summed E-state index contributed by atoms with van der Waals surface area (Å²) >= 11 is 0. The Morgan fingerprint density at radius 3 is 2.83 bits per heavy atom. The lowest BCUT2D eigenvalue weighted by Gasteiger charge is -2.24. The molecule has 0 amide bonds. The molecule has 0 saturated carbocycles. The molecular weight excluding hydrogens is 314 g/mol. The van der Waals surface area contributed by atoms with Crippen molar-refractivity contribution in [3.63, 3.8) is 0 Å². The molecule has 1 aliphatic rings. The van der Waals surface area contributed by atoms with Gasteiger partial charge in [0.25, 0.3) is 0 Å². The number of nitrogen functional groups attached to an aromatic ring is 1. The highest BCUT2D eigenvalue weighted by Crippen LogP contribution is 2.33. The molecule has 8 nitrogen and oxygen atoms in total. The maximum absolute atomic E-state index is 12.2. The van der Waals surface area contributed by atoms with Crippen molar-refractivity contribution in [2.45, 2.75) is 37.9 Å². The predicted octanol–water partition coefficient (Wildman–Crippen LogP) is 0.101. The highest BCUT2D eigenvalue weighted by atomic mass is 16.6. The van der Waals surface area contributed by atoms with E-state index in [4.69, 9.17) is 31.1 Å². The lowest BCUT2D eigenvalue weighted by Crippen LogP contribution is -2.39. The van der Waals surface area contributed by atoms with E-state index in [2.05, 4.69) is 10.9 Å². The first-order valence-electron chi connectivity index (χ1n) is 7.61. The zero-order chi connectivity index (χ0) is 17.7. The van der Waals surface area contributed by atoms with E-state index in [-0.39, 0.29) is 11.9 Å². The van der Waals surface area contributed by atoms with Crippen LogP contribution in [0, 0.1) is 19.3 Å². The molecular formula is C16H23N3O5. The van der Waals surface area contributed by atoms with E-state index < -0.39 is 24.1 Å². The third kappa shape index (κ3) is 3.76. The van der Waals surface area contributed by atoms with Crippen LogP contribution in [0.2, 0.25) is 0 Å². The van der Waals surface area contributed by atoms with Gasteiger partial charge in [0, 0.05) is 32.4 Å². The molecule has 1 aromatic heterocycles. The Morgan fingerprint density at radius 2 is 2.21 bits per heavy atom. The fourth-order valence-electron chi connectivity index (χ4n) is 2.71. The van der Waals surface area contributed by atoms with E-state index >= 15 is 0 Å². The monoisotopic (exact) mass is 337 g/mol. The molecule has 0 aromatic carbocycles. The molecule has 0 aliphatic carbocycles. The molecule has 132 valence electrons. The summed E-state index contributed by atoms with van der Waals surface area (Å²) in [4.78, 5) is 16.1. The average Bonchev–Trinajstić information content (AvgIpc) is 2.89. The number of aryl methyl sites for hydroxylation is 1. The largest absolute Gasteiger partial charge is 0.383 e. The van der Waals surface area contributed by atoms with Crippen LogP contribution in [-0.2, 0) is 18.9 Å². The molecule has 1 unspecified atom stereocenters. The van der Waals surface area contributed by atoms with Crippen molar-refractivity contribution in [2.24, 2.45) is 0 Å². The summed E-state index contributed by atoms with van der Waals surface area (Å²) in [5.74, 6) is 2.71. The molecule has 4 atom stereocenters. The smallest absolute Gasteiger partial charge is 0.351 e. The van der Waals surface area contributed by atoms with Crippen molar-refractivity contribution in [1.82, 2.24) is 9.55 Å². The number of nitrogens with two attached hydrogens (primary N) is 1. The van der Waals surface area contributed by atoms with Crippen LogP contribution in [0.25, 0.3) is 0 Å². The van der Waals surface area contributed by atoms with Crippen LogP contribution in [0.5, 0.6) is 0 Å². The number of aromatic nitrogens is 2. The molecule has 1 aliphatic heterocycles. The summed E-state index contributed by atoms with van der Waals surface area (Å²) in [5.41, 5.74) is 5.84. The van der Waals surface area contributed by atoms with Crippen molar-refractivity contribution in [3.05, 3.63) is 22.2 Å². The van der Waals surface area contributed by atoms with Gasteiger partial charge in [-0.1, -0.05) is 0 Å². The number of terminal acetylenes is 1. The number of nitrogens with zero attached hydrogens (tertiary/aromatic N) is 2. The van der Waals surface area contributed by atoms with Crippen LogP contribution in [0.4, 0.5) is 5.82 Å². The van der Waals surface area contributed by atoms with Crippen molar-refractivity contribution >= 4 is 5.82 Å². The summed E-state index contributed by atoms with van der Waals surface area (Å²) in [7, 11) is 3.13. The van der Waals surface area contributed by atoms with Crippen LogP contribution in [0.15, 0.2) is 11.0 Å². The van der Waals surface area contributed by atoms with E-state index in [9.17, 15) is 4.79 Å². The van der Waals surface area contributed by atoms with Crippen LogP contribution in [-0.4, -0.2) is 55.3 Å². The van der Waals surface area contributed by atoms with Gasteiger partial charge in [-0.3, -0.25) is 4.57 Å². The second-order valence-electron chi connectivity index (χ2n) is 5.51. The van der Waals surface area contributed by atoms with Gasteiger partial charge in [0.15, 0.2) is 6.23 Å². The Labute approximate surface area is 140 Å². The Morgan fingerprint density at radius 1 is 1.46 bits per heavy atom. The van der Waals surface area contributed by atoms with E-state index in [0.717, 1.165) is 0 Å². The molecule has 0 radical (unpaired) electrons. The topological polar surface area (TPSA) is 97.8 Å². The quantitative estimate of drug-likeness (QED) is 0.557. The predicted molar refractivity (Wildman–Crippen MR) is 87.4 cm³/mol. The minimum atomic E-state index is -0.702. The van der Waals surface area contributed by atoms with Gasteiger partial charge in [0.2, 0.25) is 0 Å². The molecule has 0 spiro atoms. The molecule has 24 heavy (non-hydrogen) atoms. The maximum atomic E-state index is 12.2. The highest BCUT2D eigenvalue weighted by Gasteiger charge is 2.47. The third-order valence-electron chi connectivity index (χ3n) is 3.89. The van der Waals surface area contributed by atoms with Gasteiger partial charge in [-0.15, -0.1) is 12.3 Å². The van der Waals surface area contributed by atoms with Crippen LogP contribution in [0.3, 0.4) is 0 Å². The first-order chi connectivity index (χ1) is 11.5. The highest BCUT2D eigenvalue weighted by molar-refractivity contribution is 5.35. The van der Waals surface area contributed by atoms with Crippen molar-refractivity contribution in [3.8, 4) is 12.3 Å². The average molecular weight is 337 g/mol. The van der Waals surface area contributed by atoms with Gasteiger partial charge >= 0.3 is 5.69 Å². The van der Waals surface area contributed by atoms with E-state index in [1.54, 1.807) is 27.3 Å². The van der Waals surface area contributed by atoms with Gasteiger partial charge in [0.1, 0.15) is 24.1 Å². The van der Waals surface area contributed by atoms with Crippen LogP contribution < -0.4 is 11.4 Å². The fourth-order valence-corrected chi connectivity index (χ4v) is 2.71. The van der Waals surface area contributed by atoms with Gasteiger partial charge < -0.3 is 24.7 Å². The van der Waals surface area contributed by atoms with E-state index in [0.29, 0.717) is 25.2 Å². The zero-order valence-electron chi connectivity index (χ0n) is 14.1. The van der Waals surface area contributed by atoms with Gasteiger partial charge in [-0.2, -0.15) is 4.98 Å². The number of ether oxygens (including phenoxy) is 4. The maximum Gasteiger partial charge on any atom is 0.351 e. The summed E-state index contributed by atoms with van der Waals surface area (Å²) < 4.78 is 23.9. The molecule has 0 bridgehead atoms. The summed E-state index contributed by atoms with van der Waals surface area (Å²) in [6, 6.07) is 0. The molecule has 1 saturated heterocycles. The van der Waals surface area contributed by atoms with Gasteiger partial charge in [-0.25, -0.2) is 4.79 Å². The summed E-state index contributed by atoms with van der Waals surface area (Å²) in [6.45, 7) is 2.40. The van der Waals surface area contributed by atoms with E-state index in [1.807, 2.05) is 0 Å². The van der Waals surface area contributed by atoms with Crippen molar-refractivity contribution in [1.29, 1.82) is 0 Å². The lowest BCUT2D eigenvalue weighted by molar-refractivity contribution is -0.0760. The summed E-state index contributed by atoms with van der Waals surface area (Å²) in [5, 5.41) is 0. The Hall–Kier alpha value is -1.92. The Bertz CT molecular complexity index is 654. The van der Waals surface area contributed by atoms with E-state index in [1.165, 1.54) is 4.57 Å². The Kier molecular flexibility index (Phi) is 6.34. The standard InChI is InChI=1S/C16H23N3O5/c1-5-6-7-23-13-12(22-4)11(9-21-3)24-15(13)19-8-10(2)14(17)18-16(19)20/h1,8,11-13,15H,6-7,9H2,2-4H3,(H2,17,18,20)/t11-,12?,13+,15-/m1/s1. The van der Waals surface area contributed by atoms with Gasteiger partial charge in [-0.05, 0) is 6.92 Å². The molecule has 1 fully saturated rings. The first-order valence-corrected chi connectivity index (χ1v) is 7.61. The normalized spacial score (nSPS) is 26.4. The number of methoxy groups -OCH3 is 2. The lowest BCUT2D eigenvalue weighted by atomic mass is 10.1. The first kappa shape index (κ1) is 18.4. The second-order valence-corrected chi connectivity index (χ2v) is 5.51. The molecule has 1 aromatic rings. The van der Waals surface area contributed by atoms with Crippen LogP contribution >= 0.6 is 0 Å². The molecule has 2 N–H and O–H groups in total. The summed E-state index contributed by atoms with van der Waals surface area (Å²) in [6.07, 6.45) is 5.31. The SMILES string of the molecule is C#CCCO[C@H]1C(OC)[C@@H](COC)O[C@H]1n1cc(C)c(N)nc1=O. The number of rotatable bonds is 7. The molecule has 8 heteroatoms.